The first kappa shape index (κ1) is 15.9. The summed E-state index contributed by atoms with van der Waals surface area (Å²) in [7, 11) is 0. The van der Waals surface area contributed by atoms with Crippen molar-refractivity contribution in [3.63, 3.8) is 0 Å². The molecule has 1 N–H and O–H groups in total. The number of nitrogens with zero attached hydrogens (tertiary/aromatic N) is 2. The number of carbonyl (C=O) groups is 2. The van der Waals surface area contributed by atoms with Gasteiger partial charge in [-0.1, -0.05) is 18.5 Å². The van der Waals surface area contributed by atoms with Gasteiger partial charge in [-0.25, -0.2) is 0 Å². The summed E-state index contributed by atoms with van der Waals surface area (Å²) in [6.07, 6.45) is 3.70. The van der Waals surface area contributed by atoms with Crippen LogP contribution in [-0.4, -0.2) is 39.0 Å². The zero-order valence-corrected chi connectivity index (χ0v) is 13.1. The first-order valence-corrected chi connectivity index (χ1v) is 7.71. The molecule has 1 saturated heterocycles. The van der Waals surface area contributed by atoms with E-state index in [2.05, 4.69) is 0 Å². The van der Waals surface area contributed by atoms with Gasteiger partial charge in [-0.3, -0.25) is 9.59 Å². The van der Waals surface area contributed by atoms with Crippen molar-refractivity contribution in [3.05, 3.63) is 23.0 Å². The first-order chi connectivity index (χ1) is 9.93. The van der Waals surface area contributed by atoms with E-state index in [9.17, 15) is 9.59 Å². The second kappa shape index (κ2) is 6.52. The zero-order chi connectivity index (χ0) is 15.6. The maximum atomic E-state index is 12.7. The van der Waals surface area contributed by atoms with Crippen LogP contribution in [0, 0.1) is 5.92 Å². The van der Waals surface area contributed by atoms with Gasteiger partial charge >= 0.3 is 5.97 Å². The molecular formula is C15H21ClN2O3. The monoisotopic (exact) mass is 312 g/mol. The molecule has 5 nitrogen and oxygen atoms in total. The van der Waals surface area contributed by atoms with Crippen molar-refractivity contribution >= 4 is 23.5 Å². The standard InChI is InChI=1S/C15H21ClN2O3/c1-3-5-17-9-12(16)8-13(17)14(19)18-6-4-11(15(20)21)7-10(18)2/h8-11H,3-7H2,1-2H3,(H,20,21). The van der Waals surface area contributed by atoms with Crippen molar-refractivity contribution < 1.29 is 14.7 Å². The van der Waals surface area contributed by atoms with Gasteiger partial charge in [0.15, 0.2) is 0 Å². The number of amides is 1. The molecular weight excluding hydrogens is 292 g/mol. The van der Waals surface area contributed by atoms with E-state index in [-0.39, 0.29) is 17.9 Å². The maximum Gasteiger partial charge on any atom is 0.306 e. The molecule has 1 aliphatic rings. The fourth-order valence-corrected chi connectivity index (χ4v) is 3.15. The Morgan fingerprint density at radius 1 is 1.48 bits per heavy atom. The third kappa shape index (κ3) is 3.40. The number of halogens is 1. The molecule has 2 rings (SSSR count). The van der Waals surface area contributed by atoms with Crippen LogP contribution in [0.2, 0.25) is 5.02 Å². The molecule has 0 aliphatic carbocycles. The van der Waals surface area contributed by atoms with Gasteiger partial charge < -0.3 is 14.6 Å². The van der Waals surface area contributed by atoms with Gasteiger partial charge in [-0.15, -0.1) is 0 Å². The molecule has 1 amide bonds. The Bertz CT molecular complexity index is 541. The number of piperidine rings is 1. The summed E-state index contributed by atoms with van der Waals surface area (Å²) in [6, 6.07) is 1.62. The highest BCUT2D eigenvalue weighted by atomic mass is 35.5. The van der Waals surface area contributed by atoms with Gasteiger partial charge in [0, 0.05) is 25.3 Å². The Kier molecular flexibility index (Phi) is 4.93. The molecule has 2 unspecified atom stereocenters. The molecule has 1 aromatic heterocycles. The van der Waals surface area contributed by atoms with Gasteiger partial charge in [0.25, 0.3) is 5.91 Å². The van der Waals surface area contributed by atoms with Crippen LogP contribution in [-0.2, 0) is 11.3 Å². The Labute approximate surface area is 129 Å². The summed E-state index contributed by atoms with van der Waals surface area (Å²) in [5.74, 6) is -1.19. The number of likely N-dealkylation sites (tertiary alicyclic amines) is 1. The zero-order valence-electron chi connectivity index (χ0n) is 12.4. The normalized spacial score (nSPS) is 22.3. The number of carboxylic acids is 1. The minimum atomic E-state index is -0.772. The number of aryl methyl sites for hydroxylation is 1. The van der Waals surface area contributed by atoms with Gasteiger partial charge in [0.2, 0.25) is 0 Å². The summed E-state index contributed by atoms with van der Waals surface area (Å²) < 4.78 is 1.88. The number of rotatable bonds is 4. The molecule has 21 heavy (non-hydrogen) atoms. The van der Waals surface area contributed by atoms with Crippen LogP contribution >= 0.6 is 11.6 Å². The average molecular weight is 313 g/mol. The van der Waals surface area contributed by atoms with Crippen LogP contribution in [0.5, 0.6) is 0 Å². The van der Waals surface area contributed by atoms with Crippen LogP contribution in [0.3, 0.4) is 0 Å². The van der Waals surface area contributed by atoms with E-state index >= 15 is 0 Å². The highest BCUT2D eigenvalue weighted by Gasteiger charge is 2.33. The summed E-state index contributed by atoms with van der Waals surface area (Å²) in [5.41, 5.74) is 0.586. The fraction of sp³-hybridized carbons (Fsp3) is 0.600. The van der Waals surface area contributed by atoms with Crippen LogP contribution < -0.4 is 0 Å². The minimum absolute atomic E-state index is 0.0633. The summed E-state index contributed by atoms with van der Waals surface area (Å²) >= 11 is 6.02. The van der Waals surface area contributed by atoms with Gasteiger partial charge in [-0.2, -0.15) is 0 Å². The quantitative estimate of drug-likeness (QED) is 0.930. The van der Waals surface area contributed by atoms with E-state index in [0.29, 0.717) is 30.1 Å². The van der Waals surface area contributed by atoms with Crippen molar-refractivity contribution in [1.29, 1.82) is 0 Å². The molecule has 1 aliphatic heterocycles. The number of aliphatic carboxylic acids is 1. The lowest BCUT2D eigenvalue weighted by molar-refractivity contribution is -0.143. The van der Waals surface area contributed by atoms with Crippen LogP contribution in [0.4, 0.5) is 0 Å². The lowest BCUT2D eigenvalue weighted by Crippen LogP contribution is -2.46. The Balaban J connectivity index is 2.15. The van der Waals surface area contributed by atoms with E-state index in [1.165, 1.54) is 0 Å². The molecule has 2 atom stereocenters. The Morgan fingerprint density at radius 2 is 2.19 bits per heavy atom. The number of hydrogen-bond acceptors (Lipinski definition) is 2. The third-order valence-corrected chi connectivity index (χ3v) is 4.24. The third-order valence-electron chi connectivity index (χ3n) is 4.03. The average Bonchev–Trinajstić information content (AvgIpc) is 2.79. The molecule has 0 bridgehead atoms. The minimum Gasteiger partial charge on any atom is -0.481 e. The molecule has 0 saturated carbocycles. The first-order valence-electron chi connectivity index (χ1n) is 7.33. The van der Waals surface area contributed by atoms with Crippen molar-refractivity contribution in [2.24, 2.45) is 5.92 Å². The Hall–Kier alpha value is -1.49. The van der Waals surface area contributed by atoms with Crippen molar-refractivity contribution in [2.45, 2.75) is 45.7 Å². The highest BCUT2D eigenvalue weighted by molar-refractivity contribution is 6.31. The summed E-state index contributed by atoms with van der Waals surface area (Å²) in [6.45, 7) is 5.17. The Morgan fingerprint density at radius 3 is 2.76 bits per heavy atom. The highest BCUT2D eigenvalue weighted by Crippen LogP contribution is 2.26. The maximum absolute atomic E-state index is 12.7. The number of aromatic nitrogens is 1. The molecule has 2 heterocycles. The van der Waals surface area contributed by atoms with Gasteiger partial charge in [0.1, 0.15) is 5.69 Å². The fourth-order valence-electron chi connectivity index (χ4n) is 2.92. The SMILES string of the molecule is CCCn1cc(Cl)cc1C(=O)N1CCC(C(=O)O)CC1C. The van der Waals surface area contributed by atoms with Gasteiger partial charge in [-0.05, 0) is 32.3 Å². The van der Waals surface area contributed by atoms with Crippen LogP contribution in [0.25, 0.3) is 0 Å². The smallest absolute Gasteiger partial charge is 0.306 e. The second-order valence-corrected chi connectivity index (χ2v) is 6.08. The molecule has 116 valence electrons. The molecule has 1 aromatic rings. The topological polar surface area (TPSA) is 62.5 Å². The van der Waals surface area contributed by atoms with E-state index < -0.39 is 5.97 Å². The molecule has 0 aromatic carbocycles. The second-order valence-electron chi connectivity index (χ2n) is 5.64. The van der Waals surface area contributed by atoms with Gasteiger partial charge in [0.05, 0.1) is 10.9 Å². The molecule has 0 radical (unpaired) electrons. The number of hydrogen-bond donors (Lipinski definition) is 1. The predicted octanol–water partition coefficient (Wildman–Crippen LogP) is 2.88. The lowest BCUT2D eigenvalue weighted by Gasteiger charge is -2.36. The largest absolute Gasteiger partial charge is 0.481 e. The van der Waals surface area contributed by atoms with E-state index in [0.717, 1.165) is 13.0 Å². The molecule has 6 heteroatoms. The molecule has 1 fully saturated rings. The summed E-state index contributed by atoms with van der Waals surface area (Å²) in [4.78, 5) is 25.5. The van der Waals surface area contributed by atoms with Crippen molar-refractivity contribution in [3.8, 4) is 0 Å². The van der Waals surface area contributed by atoms with E-state index in [1.54, 1.807) is 17.2 Å². The van der Waals surface area contributed by atoms with Crippen LogP contribution in [0.15, 0.2) is 12.3 Å². The number of carbonyl (C=O) groups excluding carboxylic acids is 1. The van der Waals surface area contributed by atoms with E-state index in [4.69, 9.17) is 16.7 Å². The van der Waals surface area contributed by atoms with Crippen LogP contribution in [0.1, 0.15) is 43.6 Å². The lowest BCUT2D eigenvalue weighted by atomic mass is 9.91. The molecule has 0 spiro atoms. The van der Waals surface area contributed by atoms with Crippen molar-refractivity contribution in [2.75, 3.05) is 6.54 Å². The predicted molar refractivity (Wildman–Crippen MR) is 80.6 cm³/mol. The van der Waals surface area contributed by atoms with E-state index in [1.807, 2.05) is 18.4 Å². The van der Waals surface area contributed by atoms with Crippen molar-refractivity contribution in [1.82, 2.24) is 9.47 Å². The number of carboxylic acid groups (broad SMARTS) is 1. The summed E-state index contributed by atoms with van der Waals surface area (Å²) in [5, 5.41) is 9.65.